The monoisotopic (exact) mass is 195 g/mol. The van der Waals surface area contributed by atoms with Gasteiger partial charge in [-0.2, -0.15) is 0 Å². The lowest BCUT2D eigenvalue weighted by atomic mass is 10.2. The molecular weight excluding hydrogens is 178 g/mol. The zero-order valence-electron chi connectivity index (χ0n) is 8.66. The van der Waals surface area contributed by atoms with Gasteiger partial charge in [0.25, 0.3) is 0 Å². The Bertz CT molecular complexity index is 247. The molecule has 0 aliphatic rings. The van der Waals surface area contributed by atoms with Crippen LogP contribution in [0.15, 0.2) is 30.3 Å². The number of nitrogens with one attached hydrogen (secondary N) is 1. The summed E-state index contributed by atoms with van der Waals surface area (Å²) in [6.45, 7) is 2.56. The van der Waals surface area contributed by atoms with Crippen molar-refractivity contribution in [3.63, 3.8) is 0 Å². The van der Waals surface area contributed by atoms with Crippen molar-refractivity contribution in [2.24, 2.45) is 0 Å². The maximum Gasteiger partial charge on any atom is 0.303 e. The lowest BCUT2D eigenvalue weighted by Crippen LogP contribution is -2.04. The Morgan fingerprint density at radius 1 is 1.36 bits per heavy atom. The van der Waals surface area contributed by atoms with Crippen molar-refractivity contribution >= 4 is 5.97 Å². The predicted octanol–water partition coefficient (Wildman–Crippen LogP) is 1.89. The molecule has 0 amide bonds. The molecule has 0 spiro atoms. The predicted molar refractivity (Wildman–Crippen MR) is 57.1 cm³/mol. The van der Waals surface area contributed by atoms with Crippen LogP contribution in [0.3, 0.4) is 0 Å². The molecule has 1 aromatic rings. The minimum absolute atomic E-state index is 0.222. The van der Waals surface area contributed by atoms with Crippen LogP contribution in [-0.2, 0) is 11.3 Å². The zero-order chi connectivity index (χ0) is 10.8. The lowest BCUT2D eigenvalue weighted by Gasteiger charge is -1.95. The summed E-state index contributed by atoms with van der Waals surface area (Å²) in [5.41, 5.74) is 1.33. The fourth-order valence-corrected chi connectivity index (χ4v) is 0.800. The molecule has 0 aromatic heterocycles. The fourth-order valence-electron chi connectivity index (χ4n) is 0.800. The fraction of sp³-hybridized carbons (Fsp3) is 0.364. The van der Waals surface area contributed by atoms with Crippen molar-refractivity contribution in [2.75, 3.05) is 7.05 Å². The Morgan fingerprint density at radius 3 is 2.21 bits per heavy atom. The summed E-state index contributed by atoms with van der Waals surface area (Å²) < 4.78 is 0. The smallest absolute Gasteiger partial charge is 0.303 e. The van der Waals surface area contributed by atoms with Crippen molar-refractivity contribution < 1.29 is 9.90 Å². The summed E-state index contributed by atoms with van der Waals surface area (Å²) in [5, 5.41) is 10.8. The number of benzene rings is 1. The van der Waals surface area contributed by atoms with Crippen molar-refractivity contribution in [1.82, 2.24) is 5.32 Å². The molecule has 0 unspecified atom stereocenters. The number of hydrogen-bond donors (Lipinski definition) is 2. The third-order valence-electron chi connectivity index (χ3n) is 1.53. The van der Waals surface area contributed by atoms with Crippen LogP contribution in [0.25, 0.3) is 0 Å². The molecule has 1 rings (SSSR count). The molecule has 0 saturated carbocycles. The van der Waals surface area contributed by atoms with Gasteiger partial charge in [-0.15, -0.1) is 0 Å². The van der Waals surface area contributed by atoms with Gasteiger partial charge >= 0.3 is 5.97 Å². The average Bonchev–Trinajstić information content (AvgIpc) is 2.21. The minimum atomic E-state index is -0.745. The average molecular weight is 195 g/mol. The van der Waals surface area contributed by atoms with Gasteiger partial charge in [-0.3, -0.25) is 4.79 Å². The number of carboxylic acids is 1. The van der Waals surface area contributed by atoms with E-state index >= 15 is 0 Å². The van der Waals surface area contributed by atoms with Crippen molar-refractivity contribution in [3.05, 3.63) is 35.9 Å². The highest BCUT2D eigenvalue weighted by Gasteiger charge is 1.83. The van der Waals surface area contributed by atoms with Crippen LogP contribution >= 0.6 is 0 Å². The van der Waals surface area contributed by atoms with Gasteiger partial charge in [0.15, 0.2) is 0 Å². The Labute approximate surface area is 84.8 Å². The molecule has 2 N–H and O–H groups in total. The second-order valence-electron chi connectivity index (χ2n) is 2.76. The number of carbonyl (C=O) groups is 1. The number of hydrogen-bond acceptors (Lipinski definition) is 2. The van der Waals surface area contributed by atoms with E-state index in [1.807, 2.05) is 25.2 Å². The Kier molecular flexibility index (Phi) is 7.46. The summed E-state index contributed by atoms with van der Waals surface area (Å²) in [7, 11) is 1.95. The summed E-state index contributed by atoms with van der Waals surface area (Å²) in [5.74, 6) is -0.745. The van der Waals surface area contributed by atoms with Crippen LogP contribution in [0, 0.1) is 0 Å². The van der Waals surface area contributed by atoms with E-state index in [0.29, 0.717) is 0 Å². The topological polar surface area (TPSA) is 49.3 Å². The molecule has 78 valence electrons. The Balaban J connectivity index is 0.000000292. The summed E-state index contributed by atoms with van der Waals surface area (Å²) in [6.07, 6.45) is 0.222. The van der Waals surface area contributed by atoms with E-state index in [2.05, 4.69) is 17.4 Å². The molecule has 1 aromatic carbocycles. The standard InChI is InChI=1S/C8H11N.C3H6O2/c1-9-7-8-5-3-2-4-6-8;1-2-3(4)5/h2-6,9H,7H2,1H3;2H2,1H3,(H,4,5). The molecule has 0 bridgehead atoms. The van der Waals surface area contributed by atoms with Gasteiger partial charge in [0.05, 0.1) is 0 Å². The van der Waals surface area contributed by atoms with E-state index in [1.54, 1.807) is 6.92 Å². The summed E-state index contributed by atoms with van der Waals surface area (Å²) in [4.78, 5) is 9.37. The largest absolute Gasteiger partial charge is 0.481 e. The second-order valence-corrected chi connectivity index (χ2v) is 2.76. The van der Waals surface area contributed by atoms with Crippen LogP contribution in [-0.4, -0.2) is 18.1 Å². The first kappa shape index (κ1) is 12.7. The van der Waals surface area contributed by atoms with Crippen molar-refractivity contribution in [2.45, 2.75) is 19.9 Å². The lowest BCUT2D eigenvalue weighted by molar-refractivity contribution is -0.136. The van der Waals surface area contributed by atoms with E-state index in [4.69, 9.17) is 5.11 Å². The molecule has 14 heavy (non-hydrogen) atoms. The molecule has 0 aliphatic heterocycles. The van der Waals surface area contributed by atoms with Gasteiger partial charge in [-0.25, -0.2) is 0 Å². The van der Waals surface area contributed by atoms with E-state index < -0.39 is 5.97 Å². The quantitative estimate of drug-likeness (QED) is 0.774. The first-order valence-corrected chi connectivity index (χ1v) is 4.61. The molecule has 0 saturated heterocycles. The normalized spacial score (nSPS) is 8.71. The molecule has 3 nitrogen and oxygen atoms in total. The number of rotatable bonds is 3. The first-order chi connectivity index (χ1) is 6.70. The first-order valence-electron chi connectivity index (χ1n) is 4.61. The van der Waals surface area contributed by atoms with Gasteiger partial charge in [-0.1, -0.05) is 37.3 Å². The van der Waals surface area contributed by atoms with Gasteiger partial charge in [0.1, 0.15) is 0 Å². The van der Waals surface area contributed by atoms with Gasteiger partial charge in [0.2, 0.25) is 0 Å². The molecule has 0 heterocycles. The van der Waals surface area contributed by atoms with E-state index in [1.165, 1.54) is 5.56 Å². The van der Waals surface area contributed by atoms with E-state index in [-0.39, 0.29) is 6.42 Å². The van der Waals surface area contributed by atoms with Gasteiger partial charge in [-0.05, 0) is 12.6 Å². The Hall–Kier alpha value is -1.35. The van der Waals surface area contributed by atoms with Crippen molar-refractivity contribution in [1.29, 1.82) is 0 Å². The minimum Gasteiger partial charge on any atom is -0.481 e. The number of aliphatic carboxylic acids is 1. The van der Waals surface area contributed by atoms with Crippen LogP contribution < -0.4 is 5.32 Å². The molecule has 3 heteroatoms. The summed E-state index contributed by atoms with van der Waals surface area (Å²) in [6, 6.07) is 10.3. The third kappa shape index (κ3) is 7.31. The molecule has 0 radical (unpaired) electrons. The van der Waals surface area contributed by atoms with Crippen LogP contribution in [0.1, 0.15) is 18.9 Å². The highest BCUT2D eigenvalue weighted by Crippen LogP contribution is 1.95. The van der Waals surface area contributed by atoms with Crippen LogP contribution in [0.2, 0.25) is 0 Å². The maximum absolute atomic E-state index is 9.37. The van der Waals surface area contributed by atoms with Gasteiger partial charge < -0.3 is 10.4 Å². The zero-order valence-corrected chi connectivity index (χ0v) is 8.66. The Morgan fingerprint density at radius 2 is 1.86 bits per heavy atom. The number of carboxylic acid groups (broad SMARTS) is 1. The van der Waals surface area contributed by atoms with Crippen LogP contribution in [0.4, 0.5) is 0 Å². The third-order valence-corrected chi connectivity index (χ3v) is 1.53. The van der Waals surface area contributed by atoms with Crippen molar-refractivity contribution in [3.8, 4) is 0 Å². The molecule has 0 aliphatic carbocycles. The highest BCUT2D eigenvalue weighted by molar-refractivity contribution is 5.66. The molecular formula is C11H17NO2. The molecule has 0 atom stereocenters. The SMILES string of the molecule is CCC(=O)O.CNCc1ccccc1. The second kappa shape index (κ2) is 8.26. The summed E-state index contributed by atoms with van der Waals surface area (Å²) >= 11 is 0. The highest BCUT2D eigenvalue weighted by atomic mass is 16.4. The van der Waals surface area contributed by atoms with E-state index in [0.717, 1.165) is 6.54 Å². The van der Waals surface area contributed by atoms with Gasteiger partial charge in [0, 0.05) is 13.0 Å². The molecule has 0 fully saturated rings. The van der Waals surface area contributed by atoms with E-state index in [9.17, 15) is 4.79 Å². The van der Waals surface area contributed by atoms with Crippen LogP contribution in [0.5, 0.6) is 0 Å². The maximum atomic E-state index is 9.37.